The Balaban J connectivity index is 1.80. The van der Waals surface area contributed by atoms with Crippen molar-refractivity contribution in [1.29, 1.82) is 0 Å². The summed E-state index contributed by atoms with van der Waals surface area (Å²) < 4.78 is 18.9. The third-order valence-electron chi connectivity index (χ3n) is 3.55. The number of carbonyl (C=O) groups excluding carboxylic acids is 1. The number of carbonyl (C=O) groups is 1. The van der Waals surface area contributed by atoms with Gasteiger partial charge in [0.15, 0.2) is 6.10 Å². The molecule has 1 atom stereocenters. The van der Waals surface area contributed by atoms with E-state index in [2.05, 4.69) is 4.98 Å². The van der Waals surface area contributed by atoms with E-state index in [4.69, 9.17) is 4.74 Å². The first-order valence-corrected chi connectivity index (χ1v) is 7.62. The Labute approximate surface area is 139 Å². The molecule has 24 heavy (non-hydrogen) atoms. The average molecular weight is 321 g/mol. The van der Waals surface area contributed by atoms with Gasteiger partial charge in [-0.25, -0.2) is 4.39 Å². The van der Waals surface area contributed by atoms with Crippen molar-refractivity contribution < 1.29 is 13.9 Å². The zero-order chi connectivity index (χ0) is 16.8. The van der Waals surface area contributed by atoms with Crippen LogP contribution in [0.4, 0.5) is 4.39 Å². The predicted molar refractivity (Wildman–Crippen MR) is 88.7 cm³/mol. The molecule has 0 spiro atoms. The van der Waals surface area contributed by atoms with Crippen LogP contribution in [0.5, 0.6) is 0 Å². The van der Waals surface area contributed by atoms with Gasteiger partial charge >= 0.3 is 5.97 Å². The van der Waals surface area contributed by atoms with Gasteiger partial charge in [-0.2, -0.15) is 0 Å². The monoisotopic (exact) mass is 321 g/mol. The van der Waals surface area contributed by atoms with Crippen LogP contribution in [0.2, 0.25) is 0 Å². The van der Waals surface area contributed by atoms with Crippen molar-refractivity contribution in [3.63, 3.8) is 0 Å². The van der Waals surface area contributed by atoms with Crippen LogP contribution in [-0.4, -0.2) is 11.0 Å². The summed E-state index contributed by atoms with van der Waals surface area (Å²) in [6.07, 6.45) is 1.08. The summed E-state index contributed by atoms with van der Waals surface area (Å²) in [6, 6.07) is 20.8. The van der Waals surface area contributed by atoms with Gasteiger partial charge in [-0.15, -0.1) is 0 Å². The minimum absolute atomic E-state index is 0.00786. The molecule has 2 aromatic carbocycles. The zero-order valence-corrected chi connectivity index (χ0v) is 12.9. The van der Waals surface area contributed by atoms with Gasteiger partial charge in [-0.3, -0.25) is 9.78 Å². The number of pyridine rings is 1. The molecule has 0 aliphatic rings. The molecule has 3 nitrogen and oxygen atoms in total. The Bertz CT molecular complexity index is 767. The van der Waals surface area contributed by atoms with E-state index in [0.717, 1.165) is 5.56 Å². The second kappa shape index (κ2) is 7.51. The van der Waals surface area contributed by atoms with E-state index < -0.39 is 12.1 Å². The van der Waals surface area contributed by atoms with Crippen molar-refractivity contribution in [1.82, 2.24) is 4.98 Å². The van der Waals surface area contributed by atoms with Crippen LogP contribution in [-0.2, 0) is 16.0 Å². The molecule has 0 saturated heterocycles. The minimum Gasteiger partial charge on any atom is -0.451 e. The van der Waals surface area contributed by atoms with Crippen LogP contribution in [0, 0.1) is 5.82 Å². The first-order valence-electron chi connectivity index (χ1n) is 7.62. The van der Waals surface area contributed by atoms with Gasteiger partial charge in [0.2, 0.25) is 0 Å². The Morgan fingerprint density at radius 2 is 1.79 bits per heavy atom. The molecule has 0 aliphatic carbocycles. The molecule has 1 unspecified atom stereocenters. The normalized spacial score (nSPS) is 11.7. The predicted octanol–water partition coefficient (Wildman–Crippen LogP) is 4.10. The van der Waals surface area contributed by atoms with Gasteiger partial charge in [-0.1, -0.05) is 48.5 Å². The lowest BCUT2D eigenvalue weighted by molar-refractivity contribution is -0.146. The van der Waals surface area contributed by atoms with E-state index in [1.807, 2.05) is 42.5 Å². The van der Waals surface area contributed by atoms with Crippen LogP contribution in [0.3, 0.4) is 0 Å². The Kier molecular flexibility index (Phi) is 4.96. The number of hydrogen-bond acceptors (Lipinski definition) is 3. The van der Waals surface area contributed by atoms with Crippen molar-refractivity contribution in [2.24, 2.45) is 0 Å². The van der Waals surface area contributed by atoms with Gasteiger partial charge < -0.3 is 4.74 Å². The fourth-order valence-corrected chi connectivity index (χ4v) is 2.44. The molecular weight excluding hydrogens is 305 g/mol. The number of benzene rings is 2. The van der Waals surface area contributed by atoms with E-state index in [1.54, 1.807) is 24.4 Å². The summed E-state index contributed by atoms with van der Waals surface area (Å²) in [5, 5.41) is 0. The molecule has 0 radical (unpaired) electrons. The lowest BCUT2D eigenvalue weighted by Crippen LogP contribution is -2.15. The second-order valence-corrected chi connectivity index (χ2v) is 5.34. The topological polar surface area (TPSA) is 39.2 Å². The molecule has 3 rings (SSSR count). The molecule has 0 saturated carbocycles. The van der Waals surface area contributed by atoms with Crippen LogP contribution in [0.25, 0.3) is 0 Å². The van der Waals surface area contributed by atoms with Crippen molar-refractivity contribution in [2.45, 2.75) is 12.5 Å². The maximum atomic E-state index is 13.2. The average Bonchev–Trinajstić information content (AvgIpc) is 2.61. The number of nitrogens with zero attached hydrogens (tertiary/aromatic N) is 1. The van der Waals surface area contributed by atoms with E-state index in [-0.39, 0.29) is 12.2 Å². The molecule has 1 aromatic heterocycles. The summed E-state index contributed by atoms with van der Waals surface area (Å²) in [7, 11) is 0. The largest absolute Gasteiger partial charge is 0.451 e. The molecule has 4 heteroatoms. The van der Waals surface area contributed by atoms with E-state index in [0.29, 0.717) is 11.3 Å². The Morgan fingerprint density at radius 3 is 2.50 bits per heavy atom. The highest BCUT2D eigenvalue weighted by atomic mass is 19.1. The smallest absolute Gasteiger partial charge is 0.311 e. The molecule has 120 valence electrons. The number of esters is 1. The van der Waals surface area contributed by atoms with Crippen LogP contribution < -0.4 is 0 Å². The summed E-state index contributed by atoms with van der Waals surface area (Å²) in [6.45, 7) is 0. The maximum absolute atomic E-state index is 13.2. The highest BCUT2D eigenvalue weighted by Gasteiger charge is 2.20. The highest BCUT2D eigenvalue weighted by molar-refractivity contribution is 5.73. The number of hydrogen-bond donors (Lipinski definition) is 0. The summed E-state index contributed by atoms with van der Waals surface area (Å²) in [5.41, 5.74) is 2.06. The van der Waals surface area contributed by atoms with Gasteiger partial charge in [0.05, 0.1) is 12.1 Å². The summed E-state index contributed by atoms with van der Waals surface area (Å²) in [5.74, 6) is -0.801. The number of rotatable bonds is 5. The Hall–Kier alpha value is -3.01. The molecule has 0 bridgehead atoms. The highest BCUT2D eigenvalue weighted by Crippen LogP contribution is 2.24. The van der Waals surface area contributed by atoms with E-state index in [9.17, 15) is 9.18 Å². The SMILES string of the molecule is O=C(Cc1cccc(F)c1)OC(c1ccccc1)c1ccccn1. The summed E-state index contributed by atoms with van der Waals surface area (Å²) >= 11 is 0. The third-order valence-corrected chi connectivity index (χ3v) is 3.55. The van der Waals surface area contributed by atoms with Crippen LogP contribution >= 0.6 is 0 Å². The van der Waals surface area contributed by atoms with Gasteiger partial charge in [0, 0.05) is 6.20 Å². The summed E-state index contributed by atoms with van der Waals surface area (Å²) in [4.78, 5) is 16.6. The van der Waals surface area contributed by atoms with E-state index >= 15 is 0 Å². The molecule has 3 aromatic rings. The third kappa shape index (κ3) is 4.04. The van der Waals surface area contributed by atoms with Gasteiger partial charge in [0.25, 0.3) is 0 Å². The van der Waals surface area contributed by atoms with E-state index in [1.165, 1.54) is 12.1 Å². The fraction of sp³-hybridized carbons (Fsp3) is 0.100. The van der Waals surface area contributed by atoms with Crippen molar-refractivity contribution in [3.05, 3.63) is 102 Å². The van der Waals surface area contributed by atoms with Crippen molar-refractivity contribution in [2.75, 3.05) is 0 Å². The lowest BCUT2D eigenvalue weighted by atomic mass is 10.1. The van der Waals surface area contributed by atoms with Crippen LogP contribution in [0.1, 0.15) is 22.9 Å². The molecule has 1 heterocycles. The zero-order valence-electron chi connectivity index (χ0n) is 12.9. The molecule has 0 amide bonds. The molecule has 0 fully saturated rings. The molecular formula is C20H16FNO2. The van der Waals surface area contributed by atoms with Crippen molar-refractivity contribution >= 4 is 5.97 Å². The maximum Gasteiger partial charge on any atom is 0.311 e. The second-order valence-electron chi connectivity index (χ2n) is 5.34. The van der Waals surface area contributed by atoms with Gasteiger partial charge in [0.1, 0.15) is 5.82 Å². The van der Waals surface area contributed by atoms with Crippen LogP contribution in [0.15, 0.2) is 79.0 Å². The number of aromatic nitrogens is 1. The number of halogens is 1. The minimum atomic E-state index is -0.589. The lowest BCUT2D eigenvalue weighted by Gasteiger charge is -2.18. The van der Waals surface area contributed by atoms with Gasteiger partial charge in [-0.05, 0) is 35.4 Å². The first kappa shape index (κ1) is 15.9. The Morgan fingerprint density at radius 1 is 1.00 bits per heavy atom. The van der Waals surface area contributed by atoms with Crippen molar-refractivity contribution in [3.8, 4) is 0 Å². The molecule has 0 N–H and O–H groups in total. The molecule has 0 aliphatic heterocycles. The fourth-order valence-electron chi connectivity index (χ4n) is 2.44. The standard InChI is InChI=1S/C20H16FNO2/c21-17-10-6-7-15(13-17)14-19(23)24-20(16-8-2-1-3-9-16)18-11-4-5-12-22-18/h1-13,20H,14H2. The quantitative estimate of drug-likeness (QED) is 0.664. The number of ether oxygens (including phenoxy) is 1. The first-order chi connectivity index (χ1) is 11.7.